The first-order chi connectivity index (χ1) is 27.3. The van der Waals surface area contributed by atoms with Gasteiger partial charge in [-0.15, -0.1) is 0 Å². The Morgan fingerprint density at radius 2 is 0.873 bits per heavy atom. The van der Waals surface area contributed by atoms with E-state index < -0.39 is 0 Å². The highest BCUT2D eigenvalue weighted by Gasteiger charge is 2.43. The van der Waals surface area contributed by atoms with Gasteiger partial charge in [0.25, 0.3) is 6.71 Å². The number of nitrogens with zero attached hydrogens (tertiary/aromatic N) is 2. The van der Waals surface area contributed by atoms with E-state index in [-0.39, 0.29) is 6.71 Å². The predicted octanol–water partition coefficient (Wildman–Crippen LogP) is 12.3. The highest BCUT2D eigenvalue weighted by molar-refractivity contribution is 7.00. The van der Waals surface area contributed by atoms with Crippen LogP contribution in [0.3, 0.4) is 0 Å². The third-order valence-electron chi connectivity index (χ3n) is 12.4. The van der Waals surface area contributed by atoms with Crippen LogP contribution in [0.1, 0.15) is 43.6 Å². The molecule has 8 aromatic rings. The van der Waals surface area contributed by atoms with Crippen molar-refractivity contribution in [2.45, 2.75) is 38.0 Å². The summed E-state index contributed by atoms with van der Waals surface area (Å²) in [6.45, 7) is 0.130. The number of hydrogen-bond acceptors (Lipinski definition) is 2. The van der Waals surface area contributed by atoms with Gasteiger partial charge in [-0.2, -0.15) is 0 Å². The molecule has 0 unspecified atom stereocenters. The Kier molecular flexibility index (Phi) is 7.72. The minimum Gasteiger partial charge on any atom is -0.311 e. The number of fused-ring (bicyclic) bond motifs is 5. The highest BCUT2D eigenvalue weighted by atomic mass is 15.2. The zero-order valence-electron chi connectivity index (χ0n) is 30.9. The van der Waals surface area contributed by atoms with Gasteiger partial charge >= 0.3 is 0 Å². The first kappa shape index (κ1) is 32.1. The second kappa shape index (κ2) is 13.2. The lowest BCUT2D eigenvalue weighted by molar-refractivity contribution is 0.444. The number of anilines is 6. The topological polar surface area (TPSA) is 6.48 Å². The normalized spacial score (nSPS) is 14.7. The summed E-state index contributed by atoms with van der Waals surface area (Å²) in [5, 5.41) is 2.54. The van der Waals surface area contributed by atoms with Crippen LogP contribution in [0.5, 0.6) is 0 Å². The molecule has 1 saturated carbocycles. The minimum atomic E-state index is 0.130. The van der Waals surface area contributed by atoms with Gasteiger partial charge in [0.1, 0.15) is 0 Å². The van der Waals surface area contributed by atoms with E-state index in [4.69, 9.17) is 0 Å². The maximum atomic E-state index is 2.57. The lowest BCUT2D eigenvalue weighted by Crippen LogP contribution is -2.61. The van der Waals surface area contributed by atoms with Crippen LogP contribution in [0, 0.1) is 0 Å². The van der Waals surface area contributed by atoms with E-state index in [9.17, 15) is 0 Å². The quantitative estimate of drug-likeness (QED) is 0.165. The van der Waals surface area contributed by atoms with Crippen molar-refractivity contribution in [1.82, 2.24) is 0 Å². The van der Waals surface area contributed by atoms with Crippen LogP contribution in [0.4, 0.5) is 34.1 Å². The van der Waals surface area contributed by atoms with Gasteiger partial charge in [-0.1, -0.05) is 147 Å². The van der Waals surface area contributed by atoms with Crippen LogP contribution < -0.4 is 26.2 Å². The molecule has 3 heteroatoms. The first-order valence-electron chi connectivity index (χ1n) is 20.0. The van der Waals surface area contributed by atoms with E-state index in [1.807, 2.05) is 0 Å². The molecule has 0 saturated heterocycles. The standard InChI is InChI=1S/C52H41BN2/c1-3-13-36(14-4-1)39-25-29-44(30-26-39)54-48-21-11-9-19-46(48)53-47-20-10-12-22-49(47)55(51-35-43(34-50(54)52(51)53)37-15-5-2-6-16-37)45-31-27-40(28-32-45)42-24-23-38-17-7-8-18-41(38)33-42/h1,3-4,7-14,17-35,37H,2,5-6,15-16H2. The molecular weight excluding hydrogens is 663 g/mol. The Morgan fingerprint density at radius 1 is 0.382 bits per heavy atom. The third kappa shape index (κ3) is 5.41. The van der Waals surface area contributed by atoms with E-state index >= 15 is 0 Å². The molecule has 0 radical (unpaired) electrons. The van der Waals surface area contributed by atoms with Crippen LogP contribution in [-0.4, -0.2) is 6.71 Å². The van der Waals surface area contributed by atoms with Crippen LogP contribution in [-0.2, 0) is 0 Å². The highest BCUT2D eigenvalue weighted by Crippen LogP contribution is 2.47. The van der Waals surface area contributed by atoms with Gasteiger partial charge < -0.3 is 9.80 Å². The van der Waals surface area contributed by atoms with E-state index in [1.165, 1.54) is 121 Å². The van der Waals surface area contributed by atoms with Crippen molar-refractivity contribution in [1.29, 1.82) is 0 Å². The van der Waals surface area contributed by atoms with E-state index in [2.05, 4.69) is 192 Å². The fourth-order valence-electron chi connectivity index (χ4n) is 9.75. The fourth-order valence-corrected chi connectivity index (χ4v) is 9.75. The van der Waals surface area contributed by atoms with E-state index in [0.29, 0.717) is 5.92 Å². The zero-order chi connectivity index (χ0) is 36.3. The van der Waals surface area contributed by atoms with Crippen molar-refractivity contribution >= 4 is 68.0 Å². The van der Waals surface area contributed by atoms with Crippen LogP contribution >= 0.6 is 0 Å². The van der Waals surface area contributed by atoms with Gasteiger partial charge in [-0.3, -0.25) is 0 Å². The van der Waals surface area contributed by atoms with Crippen molar-refractivity contribution in [3.63, 3.8) is 0 Å². The molecule has 3 aliphatic rings. The largest absolute Gasteiger partial charge is 0.311 e. The Hall–Kier alpha value is -6.32. The summed E-state index contributed by atoms with van der Waals surface area (Å²) < 4.78 is 0. The molecule has 11 rings (SSSR count). The first-order valence-corrected chi connectivity index (χ1v) is 20.0. The lowest BCUT2D eigenvalue weighted by atomic mass is 9.33. The molecular formula is C52H41BN2. The second-order valence-electron chi connectivity index (χ2n) is 15.6. The molecule has 1 fully saturated rings. The number of para-hydroxylation sites is 2. The zero-order valence-corrected chi connectivity index (χ0v) is 30.9. The molecule has 0 N–H and O–H groups in total. The lowest BCUT2D eigenvalue weighted by Gasteiger charge is -2.45. The molecule has 0 spiro atoms. The van der Waals surface area contributed by atoms with Crippen molar-refractivity contribution in [3.8, 4) is 22.3 Å². The minimum absolute atomic E-state index is 0.130. The van der Waals surface area contributed by atoms with Crippen molar-refractivity contribution < 1.29 is 0 Å². The van der Waals surface area contributed by atoms with Gasteiger partial charge in [0, 0.05) is 34.1 Å². The monoisotopic (exact) mass is 704 g/mol. The van der Waals surface area contributed by atoms with Gasteiger partial charge in [-0.25, -0.2) is 0 Å². The SMILES string of the molecule is c1ccc(-c2ccc(N3c4ccccc4B4c5ccccc5N(c5ccc(-c6ccc7ccccc7c6)cc5)c5cc(C6CCCCC6)cc3c54)cc2)cc1. The Labute approximate surface area is 324 Å². The molecule has 0 atom stereocenters. The maximum Gasteiger partial charge on any atom is 0.252 e. The van der Waals surface area contributed by atoms with Gasteiger partial charge in [0.05, 0.1) is 0 Å². The summed E-state index contributed by atoms with van der Waals surface area (Å²) in [6, 6.07) is 68.0. The molecule has 55 heavy (non-hydrogen) atoms. The van der Waals surface area contributed by atoms with E-state index in [1.54, 1.807) is 0 Å². The molecule has 8 aromatic carbocycles. The van der Waals surface area contributed by atoms with Gasteiger partial charge in [0.15, 0.2) is 0 Å². The summed E-state index contributed by atoms with van der Waals surface area (Å²) in [5.74, 6) is 0.558. The molecule has 2 aliphatic heterocycles. The van der Waals surface area contributed by atoms with Crippen molar-refractivity contribution in [2.75, 3.05) is 9.80 Å². The van der Waals surface area contributed by atoms with Crippen molar-refractivity contribution in [3.05, 3.63) is 188 Å². The van der Waals surface area contributed by atoms with Crippen LogP contribution in [0.2, 0.25) is 0 Å². The molecule has 0 bridgehead atoms. The Balaban J connectivity index is 1.11. The summed E-state index contributed by atoms with van der Waals surface area (Å²) >= 11 is 0. The summed E-state index contributed by atoms with van der Waals surface area (Å²) in [7, 11) is 0. The van der Waals surface area contributed by atoms with Crippen molar-refractivity contribution in [2.24, 2.45) is 0 Å². The number of rotatable bonds is 5. The molecule has 1 aliphatic carbocycles. The van der Waals surface area contributed by atoms with Gasteiger partial charge in [0.2, 0.25) is 0 Å². The molecule has 0 aromatic heterocycles. The molecule has 2 heterocycles. The number of hydrogen-bond donors (Lipinski definition) is 0. The fraction of sp³-hybridized carbons (Fsp3) is 0.115. The second-order valence-corrected chi connectivity index (χ2v) is 15.6. The van der Waals surface area contributed by atoms with E-state index in [0.717, 1.165) is 0 Å². The maximum absolute atomic E-state index is 2.57. The molecule has 0 amide bonds. The smallest absolute Gasteiger partial charge is 0.252 e. The molecule has 2 nitrogen and oxygen atoms in total. The summed E-state index contributed by atoms with van der Waals surface area (Å²) in [4.78, 5) is 5.12. The van der Waals surface area contributed by atoms with Crippen LogP contribution in [0.15, 0.2) is 182 Å². The predicted molar refractivity (Wildman–Crippen MR) is 235 cm³/mol. The van der Waals surface area contributed by atoms with Gasteiger partial charge in [-0.05, 0) is 128 Å². The Bertz CT molecular complexity index is 2690. The average Bonchev–Trinajstić information content (AvgIpc) is 3.27. The average molecular weight is 705 g/mol. The Morgan fingerprint density at radius 3 is 1.49 bits per heavy atom. The third-order valence-corrected chi connectivity index (χ3v) is 12.4. The summed E-state index contributed by atoms with van der Waals surface area (Å²) in [6.07, 6.45) is 6.45. The molecule has 262 valence electrons. The van der Waals surface area contributed by atoms with Crippen LogP contribution in [0.25, 0.3) is 33.0 Å². The summed E-state index contributed by atoms with van der Waals surface area (Å²) in [5.41, 5.74) is 18.0. The number of benzene rings is 8.